The normalized spacial score (nSPS) is 10.8. The zero-order valence-corrected chi connectivity index (χ0v) is 18.8. The highest BCUT2D eigenvalue weighted by molar-refractivity contribution is 7.80. The number of nitrogens with one attached hydrogen (secondary N) is 2. The number of ether oxygens (including phenoxy) is 3. The molecule has 1 aromatic heterocycles. The quantitative estimate of drug-likeness (QED) is 0.242. The number of rotatable bonds is 7. The second kappa shape index (κ2) is 10.4. The van der Waals surface area contributed by atoms with Crippen LogP contribution in [-0.4, -0.2) is 49.0 Å². The fraction of sp³-hybridized carbons (Fsp3) is 0.278. The molecule has 2 N–H and O–H groups in total. The lowest BCUT2D eigenvalue weighted by molar-refractivity contribution is -0.384. The van der Waals surface area contributed by atoms with Gasteiger partial charge in [-0.1, -0.05) is 0 Å². The van der Waals surface area contributed by atoms with Crippen LogP contribution in [0.4, 0.5) is 29.5 Å². The van der Waals surface area contributed by atoms with Crippen molar-refractivity contribution >= 4 is 57.0 Å². The summed E-state index contributed by atoms with van der Waals surface area (Å²) in [7, 11) is 2.31. The van der Waals surface area contributed by atoms with E-state index in [2.05, 4.69) is 20.1 Å². The first-order chi connectivity index (χ1) is 15.4. The van der Waals surface area contributed by atoms with Crippen LogP contribution in [0.3, 0.4) is 0 Å². The Bertz CT molecular complexity index is 1100. The van der Waals surface area contributed by atoms with Gasteiger partial charge in [-0.15, -0.1) is 11.3 Å². The van der Waals surface area contributed by atoms with Crippen molar-refractivity contribution in [3.05, 3.63) is 44.3 Å². The largest absolute Gasteiger partial charge is 0.484 e. The van der Waals surface area contributed by atoms with Crippen LogP contribution in [0.1, 0.15) is 25.6 Å². The van der Waals surface area contributed by atoms with E-state index in [1.54, 1.807) is 0 Å². The number of anilines is 2. The number of thiophene rings is 1. The van der Waals surface area contributed by atoms with E-state index in [0.29, 0.717) is 0 Å². The fourth-order valence-electron chi connectivity index (χ4n) is 2.51. The van der Waals surface area contributed by atoms with E-state index >= 15 is 0 Å². The number of carbonyl (C=O) groups is 2. The van der Waals surface area contributed by atoms with E-state index in [1.807, 2.05) is 0 Å². The standard InChI is InChI=1S/C18H16F3N3O7S2/c1-8-12(15(25)29-2)14(33-13(8)16(26)30-3)23-17(32)22-9-4-10(24(27)28)6-11(5-9)31-7-18(19,20)21/h4-6H,7H2,1-3H3,(H2,22,23,32). The number of esters is 2. The Hall–Kier alpha value is -3.46. The predicted molar refractivity (Wildman–Crippen MR) is 116 cm³/mol. The summed E-state index contributed by atoms with van der Waals surface area (Å²) < 4.78 is 51.3. The van der Waals surface area contributed by atoms with Crippen molar-refractivity contribution in [1.29, 1.82) is 0 Å². The van der Waals surface area contributed by atoms with E-state index in [9.17, 15) is 32.9 Å². The molecule has 0 amide bonds. The van der Waals surface area contributed by atoms with Crippen molar-refractivity contribution in [2.24, 2.45) is 0 Å². The van der Waals surface area contributed by atoms with Gasteiger partial charge < -0.3 is 24.8 Å². The van der Waals surface area contributed by atoms with Crippen LogP contribution < -0.4 is 15.4 Å². The second-order valence-corrected chi connectivity index (χ2v) is 7.63. The third-order valence-electron chi connectivity index (χ3n) is 3.90. The number of hydrogen-bond donors (Lipinski definition) is 2. The second-order valence-electron chi connectivity index (χ2n) is 6.20. The van der Waals surface area contributed by atoms with Crippen LogP contribution in [0.15, 0.2) is 18.2 Å². The number of alkyl halides is 3. The van der Waals surface area contributed by atoms with Gasteiger partial charge in [-0.25, -0.2) is 9.59 Å². The third-order valence-corrected chi connectivity index (χ3v) is 5.29. The lowest BCUT2D eigenvalue weighted by Crippen LogP contribution is -2.21. The maximum Gasteiger partial charge on any atom is 0.422 e. The number of benzene rings is 1. The van der Waals surface area contributed by atoms with Crippen molar-refractivity contribution in [2.75, 3.05) is 31.5 Å². The Kier molecular flexibility index (Phi) is 8.16. The molecule has 0 radical (unpaired) electrons. The molecule has 0 saturated heterocycles. The summed E-state index contributed by atoms with van der Waals surface area (Å²) in [5.74, 6) is -1.87. The van der Waals surface area contributed by atoms with Crippen molar-refractivity contribution in [2.45, 2.75) is 13.1 Å². The van der Waals surface area contributed by atoms with Gasteiger partial charge in [0.05, 0.1) is 36.5 Å². The van der Waals surface area contributed by atoms with E-state index in [1.165, 1.54) is 14.0 Å². The number of hydrogen-bond acceptors (Lipinski definition) is 9. The number of non-ortho nitro benzene ring substituents is 1. The molecule has 1 aromatic carbocycles. The van der Waals surface area contributed by atoms with E-state index in [4.69, 9.17) is 17.0 Å². The van der Waals surface area contributed by atoms with Crippen LogP contribution >= 0.6 is 23.6 Å². The molecule has 0 aliphatic rings. The molecule has 10 nitrogen and oxygen atoms in total. The maximum atomic E-state index is 12.4. The number of halogens is 3. The van der Waals surface area contributed by atoms with Gasteiger partial charge in [-0.05, 0) is 24.7 Å². The van der Waals surface area contributed by atoms with Gasteiger partial charge in [0, 0.05) is 12.1 Å². The molecule has 0 aliphatic carbocycles. The summed E-state index contributed by atoms with van der Waals surface area (Å²) >= 11 is 6.00. The smallest absolute Gasteiger partial charge is 0.422 e. The van der Waals surface area contributed by atoms with Crippen LogP contribution in [-0.2, 0) is 9.47 Å². The zero-order valence-electron chi connectivity index (χ0n) is 17.2. The molecule has 15 heteroatoms. The minimum Gasteiger partial charge on any atom is -0.484 e. The Morgan fingerprint density at radius 1 is 1.15 bits per heavy atom. The van der Waals surface area contributed by atoms with Crippen LogP contribution in [0.5, 0.6) is 5.75 Å². The van der Waals surface area contributed by atoms with Gasteiger partial charge in [0.15, 0.2) is 11.7 Å². The maximum absolute atomic E-state index is 12.4. The Labute approximate surface area is 193 Å². The number of carbonyl (C=O) groups excluding carboxylic acids is 2. The molecular weight excluding hydrogens is 491 g/mol. The monoisotopic (exact) mass is 507 g/mol. The topological polar surface area (TPSA) is 129 Å². The minimum absolute atomic E-state index is 0.0142. The first kappa shape index (κ1) is 25.8. The summed E-state index contributed by atoms with van der Waals surface area (Å²) in [6.45, 7) is -0.148. The Morgan fingerprint density at radius 3 is 2.33 bits per heavy atom. The van der Waals surface area contributed by atoms with Crippen LogP contribution in [0, 0.1) is 17.0 Å². The summed E-state index contributed by atoms with van der Waals surface area (Å²) in [5.41, 5.74) is -0.308. The highest BCUT2D eigenvalue weighted by Gasteiger charge is 2.29. The van der Waals surface area contributed by atoms with E-state index in [0.717, 1.165) is 36.6 Å². The first-order valence-corrected chi connectivity index (χ1v) is 9.95. The Balaban J connectivity index is 2.32. The average Bonchev–Trinajstić information content (AvgIpc) is 3.05. The lowest BCUT2D eigenvalue weighted by Gasteiger charge is -2.13. The first-order valence-electron chi connectivity index (χ1n) is 8.73. The zero-order chi connectivity index (χ0) is 24.9. The lowest BCUT2D eigenvalue weighted by atomic mass is 10.1. The molecule has 0 unspecified atom stereocenters. The molecule has 0 aliphatic heterocycles. The van der Waals surface area contributed by atoms with Gasteiger partial charge in [-0.2, -0.15) is 13.2 Å². The Morgan fingerprint density at radius 2 is 1.79 bits per heavy atom. The number of thiocarbonyl (C=S) groups is 1. The highest BCUT2D eigenvalue weighted by Crippen LogP contribution is 2.34. The van der Waals surface area contributed by atoms with Gasteiger partial charge in [0.25, 0.3) is 5.69 Å². The van der Waals surface area contributed by atoms with Crippen LogP contribution in [0.25, 0.3) is 0 Å². The number of methoxy groups -OCH3 is 2. The van der Waals surface area contributed by atoms with E-state index in [-0.39, 0.29) is 31.8 Å². The summed E-state index contributed by atoms with van der Waals surface area (Å²) in [5, 5.41) is 16.3. The van der Waals surface area contributed by atoms with E-state index < -0.39 is 41.1 Å². The van der Waals surface area contributed by atoms with Gasteiger partial charge in [-0.3, -0.25) is 10.1 Å². The number of nitro groups is 1. The molecular formula is C18H16F3N3O7S2. The highest BCUT2D eigenvalue weighted by atomic mass is 32.1. The molecule has 0 bridgehead atoms. The molecule has 1 heterocycles. The summed E-state index contributed by atoms with van der Waals surface area (Å²) in [4.78, 5) is 34.6. The van der Waals surface area contributed by atoms with Gasteiger partial charge in [0.1, 0.15) is 15.6 Å². The van der Waals surface area contributed by atoms with Crippen molar-refractivity contribution in [3.63, 3.8) is 0 Å². The van der Waals surface area contributed by atoms with Crippen molar-refractivity contribution in [1.82, 2.24) is 0 Å². The molecule has 33 heavy (non-hydrogen) atoms. The number of nitro benzene ring substituents is 1. The van der Waals surface area contributed by atoms with Crippen LogP contribution in [0.2, 0.25) is 0 Å². The molecule has 178 valence electrons. The molecule has 0 spiro atoms. The summed E-state index contributed by atoms with van der Waals surface area (Å²) in [6, 6.07) is 2.93. The van der Waals surface area contributed by atoms with Gasteiger partial charge >= 0.3 is 18.1 Å². The van der Waals surface area contributed by atoms with Crippen molar-refractivity contribution < 1.29 is 41.9 Å². The van der Waals surface area contributed by atoms with Gasteiger partial charge in [0.2, 0.25) is 0 Å². The molecule has 2 aromatic rings. The molecule has 0 atom stereocenters. The summed E-state index contributed by atoms with van der Waals surface area (Å²) in [6.07, 6.45) is -4.65. The SMILES string of the molecule is COC(=O)c1sc(NC(=S)Nc2cc(OCC(F)(F)F)cc([N+](=O)[O-])c2)c(C(=O)OC)c1C. The molecule has 0 fully saturated rings. The number of nitrogens with zero attached hydrogens (tertiary/aromatic N) is 1. The fourth-order valence-corrected chi connectivity index (χ4v) is 3.91. The minimum atomic E-state index is -4.65. The predicted octanol–water partition coefficient (Wildman–Crippen LogP) is 4.29. The molecule has 0 saturated carbocycles. The molecule has 2 rings (SSSR count). The third kappa shape index (κ3) is 6.76. The average molecular weight is 507 g/mol. The van der Waals surface area contributed by atoms with Crippen molar-refractivity contribution in [3.8, 4) is 5.75 Å².